The van der Waals surface area contributed by atoms with E-state index >= 15 is 0 Å². The van der Waals surface area contributed by atoms with Gasteiger partial charge in [-0.15, -0.1) is 6.42 Å². The van der Waals surface area contributed by atoms with Gasteiger partial charge in [0.05, 0.1) is 13.2 Å². The van der Waals surface area contributed by atoms with Crippen LogP contribution in [0.25, 0.3) is 0 Å². The Bertz CT molecular complexity index is 211. The zero-order chi connectivity index (χ0) is 10.3. The number of hydrogen-bond donors (Lipinski definition) is 0. The predicted octanol–water partition coefficient (Wildman–Crippen LogP) is 2.21. The Morgan fingerprint density at radius 2 is 1.85 bits per heavy atom. The number of rotatable bonds is 6. The molecule has 0 radical (unpaired) electrons. The second kappa shape index (κ2) is 6.17. The molecule has 0 heterocycles. The van der Waals surface area contributed by atoms with Crippen LogP contribution in [0.3, 0.4) is 0 Å². The first-order valence-corrected chi connectivity index (χ1v) is 5.57. The predicted molar refractivity (Wildman–Crippen MR) is 50.2 cm³/mol. The third kappa shape index (κ3) is 5.07. The number of terminal acetylenes is 1. The van der Waals surface area contributed by atoms with E-state index in [4.69, 9.17) is 20.0 Å². The van der Waals surface area contributed by atoms with Gasteiger partial charge in [0.25, 0.3) is 0 Å². The van der Waals surface area contributed by atoms with Crippen molar-refractivity contribution in [1.82, 2.24) is 0 Å². The van der Waals surface area contributed by atoms with Crippen LogP contribution in [0, 0.1) is 12.3 Å². The first-order chi connectivity index (χ1) is 6.08. The Hall–Kier alpha value is -0.330. The average molecular weight is 206 g/mol. The Kier molecular flexibility index (Phi) is 6.02. The Labute approximate surface area is 79.2 Å². The van der Waals surface area contributed by atoms with E-state index in [1.165, 1.54) is 0 Å². The minimum absolute atomic E-state index is 0.259. The molecule has 1 unspecified atom stereocenters. The molecule has 0 amide bonds. The highest BCUT2D eigenvalue weighted by molar-refractivity contribution is 7.48. The smallest absolute Gasteiger partial charge is 0.287 e. The van der Waals surface area contributed by atoms with E-state index in [0.717, 1.165) is 0 Å². The number of hydrogen-bond acceptors (Lipinski definition) is 4. The monoisotopic (exact) mass is 206 g/mol. The molecule has 13 heavy (non-hydrogen) atoms. The van der Waals surface area contributed by atoms with Crippen molar-refractivity contribution < 1.29 is 18.1 Å². The zero-order valence-corrected chi connectivity index (χ0v) is 9.04. The maximum Gasteiger partial charge on any atom is 0.475 e. The molecule has 0 bridgehead atoms. The molecule has 0 saturated carbocycles. The fourth-order valence-electron chi connectivity index (χ4n) is 0.638. The van der Waals surface area contributed by atoms with Crippen LogP contribution >= 0.6 is 7.82 Å². The SMILES string of the molecule is C#CC(C)OP(=O)(OCC)OCC. The molecule has 0 N–H and O–H groups in total. The first-order valence-electron chi connectivity index (χ1n) is 4.11. The van der Waals surface area contributed by atoms with E-state index in [-0.39, 0.29) is 13.2 Å². The number of phosphoric ester groups is 1. The van der Waals surface area contributed by atoms with Gasteiger partial charge in [-0.3, -0.25) is 13.6 Å². The Morgan fingerprint density at radius 1 is 1.38 bits per heavy atom. The van der Waals surface area contributed by atoms with Crippen molar-refractivity contribution >= 4 is 7.82 Å². The zero-order valence-electron chi connectivity index (χ0n) is 8.15. The van der Waals surface area contributed by atoms with Gasteiger partial charge in [-0.25, -0.2) is 4.57 Å². The van der Waals surface area contributed by atoms with Crippen LogP contribution in [0.4, 0.5) is 0 Å². The van der Waals surface area contributed by atoms with Crippen molar-refractivity contribution in [2.45, 2.75) is 26.9 Å². The molecule has 76 valence electrons. The van der Waals surface area contributed by atoms with Gasteiger partial charge in [-0.05, 0) is 20.8 Å². The molecule has 0 aromatic heterocycles. The molecule has 0 aliphatic carbocycles. The second-order valence-electron chi connectivity index (χ2n) is 2.20. The molecule has 0 aromatic carbocycles. The van der Waals surface area contributed by atoms with Crippen molar-refractivity contribution in [2.75, 3.05) is 13.2 Å². The van der Waals surface area contributed by atoms with Gasteiger partial charge in [-0.2, -0.15) is 0 Å². The fraction of sp³-hybridized carbons (Fsp3) is 0.750. The lowest BCUT2D eigenvalue weighted by molar-refractivity contribution is 0.109. The molecular formula is C8H15O4P. The summed E-state index contributed by atoms with van der Waals surface area (Å²) in [6.45, 7) is 5.53. The minimum atomic E-state index is -3.43. The van der Waals surface area contributed by atoms with E-state index in [0.29, 0.717) is 0 Å². The quantitative estimate of drug-likeness (QED) is 0.493. The molecule has 0 aromatic rings. The van der Waals surface area contributed by atoms with Crippen LogP contribution in [0.5, 0.6) is 0 Å². The largest absolute Gasteiger partial charge is 0.475 e. The van der Waals surface area contributed by atoms with Crippen LogP contribution in [-0.2, 0) is 18.1 Å². The lowest BCUT2D eigenvalue weighted by Crippen LogP contribution is -2.07. The van der Waals surface area contributed by atoms with Crippen molar-refractivity contribution in [2.24, 2.45) is 0 Å². The van der Waals surface area contributed by atoms with Crippen molar-refractivity contribution in [3.63, 3.8) is 0 Å². The molecule has 4 nitrogen and oxygen atoms in total. The second-order valence-corrected chi connectivity index (χ2v) is 3.82. The van der Waals surface area contributed by atoms with Crippen molar-refractivity contribution in [3.05, 3.63) is 0 Å². The third-order valence-corrected chi connectivity index (χ3v) is 2.82. The summed E-state index contributed by atoms with van der Waals surface area (Å²) in [5.74, 6) is 2.28. The Balaban J connectivity index is 4.25. The topological polar surface area (TPSA) is 44.8 Å². The molecule has 0 fully saturated rings. The molecule has 0 saturated heterocycles. The molecule has 0 rings (SSSR count). The van der Waals surface area contributed by atoms with Gasteiger partial charge in [0.1, 0.15) is 6.10 Å². The standard InChI is InChI=1S/C8H15O4P/c1-5-8(4)12-13(9,10-6-2)11-7-3/h1,8H,6-7H2,2-4H3. The minimum Gasteiger partial charge on any atom is -0.287 e. The summed E-state index contributed by atoms with van der Waals surface area (Å²) >= 11 is 0. The highest BCUT2D eigenvalue weighted by Crippen LogP contribution is 2.50. The van der Waals surface area contributed by atoms with Gasteiger partial charge in [0.2, 0.25) is 0 Å². The van der Waals surface area contributed by atoms with E-state index in [1.807, 2.05) is 0 Å². The van der Waals surface area contributed by atoms with E-state index in [9.17, 15) is 4.57 Å². The van der Waals surface area contributed by atoms with Gasteiger partial charge >= 0.3 is 7.82 Å². The maximum atomic E-state index is 11.6. The highest BCUT2D eigenvalue weighted by Gasteiger charge is 2.27. The summed E-state index contributed by atoms with van der Waals surface area (Å²) in [6, 6.07) is 0. The third-order valence-electron chi connectivity index (χ3n) is 1.10. The van der Waals surface area contributed by atoms with E-state index in [1.54, 1.807) is 20.8 Å². The highest BCUT2D eigenvalue weighted by atomic mass is 31.2. The van der Waals surface area contributed by atoms with Gasteiger partial charge < -0.3 is 0 Å². The Morgan fingerprint density at radius 3 is 2.15 bits per heavy atom. The fourth-order valence-corrected chi connectivity index (χ4v) is 1.92. The number of phosphoric acid groups is 1. The first kappa shape index (κ1) is 12.7. The van der Waals surface area contributed by atoms with Crippen LogP contribution in [0.2, 0.25) is 0 Å². The van der Waals surface area contributed by atoms with Crippen LogP contribution < -0.4 is 0 Å². The van der Waals surface area contributed by atoms with Gasteiger partial charge in [0, 0.05) is 0 Å². The van der Waals surface area contributed by atoms with Gasteiger partial charge in [0.15, 0.2) is 0 Å². The van der Waals surface area contributed by atoms with Crippen molar-refractivity contribution in [1.29, 1.82) is 0 Å². The average Bonchev–Trinajstić information content (AvgIpc) is 2.04. The summed E-state index contributed by atoms with van der Waals surface area (Å²) in [5, 5.41) is 0. The summed E-state index contributed by atoms with van der Waals surface area (Å²) in [4.78, 5) is 0. The van der Waals surface area contributed by atoms with Crippen LogP contribution in [0.15, 0.2) is 0 Å². The maximum absolute atomic E-state index is 11.6. The lowest BCUT2D eigenvalue weighted by Gasteiger charge is -2.17. The molecule has 5 heteroatoms. The summed E-state index contributed by atoms with van der Waals surface area (Å²) < 4.78 is 26.3. The normalized spacial score (nSPS) is 13.7. The molecule has 0 aliphatic heterocycles. The summed E-state index contributed by atoms with van der Waals surface area (Å²) in [7, 11) is -3.43. The van der Waals surface area contributed by atoms with Crippen molar-refractivity contribution in [3.8, 4) is 12.3 Å². The molecular weight excluding hydrogens is 191 g/mol. The summed E-state index contributed by atoms with van der Waals surface area (Å²) in [6.07, 6.45) is 4.48. The van der Waals surface area contributed by atoms with E-state index < -0.39 is 13.9 Å². The molecule has 0 spiro atoms. The van der Waals surface area contributed by atoms with Crippen LogP contribution in [0.1, 0.15) is 20.8 Å². The summed E-state index contributed by atoms with van der Waals surface area (Å²) in [5.41, 5.74) is 0. The molecule has 0 aliphatic rings. The molecule has 1 atom stereocenters. The lowest BCUT2D eigenvalue weighted by atomic mass is 10.4. The van der Waals surface area contributed by atoms with Gasteiger partial charge in [-0.1, -0.05) is 5.92 Å². The van der Waals surface area contributed by atoms with Crippen LogP contribution in [-0.4, -0.2) is 19.3 Å². The van der Waals surface area contributed by atoms with E-state index in [2.05, 4.69) is 5.92 Å².